The molecular weight excluding hydrogens is 416 g/mol. The third-order valence-corrected chi connectivity index (χ3v) is 6.15. The molecule has 0 unspecified atom stereocenters. The smallest absolute Gasteiger partial charge is 0.411 e. The Kier molecular flexibility index (Phi) is 6.62. The minimum atomic E-state index is -1.02. The van der Waals surface area contributed by atoms with Gasteiger partial charge in [0.25, 0.3) is 11.8 Å². The van der Waals surface area contributed by atoms with Crippen LogP contribution in [-0.2, 0) is 0 Å². The zero-order chi connectivity index (χ0) is 21.8. The Morgan fingerprint density at radius 1 is 1.06 bits per heavy atom. The van der Waals surface area contributed by atoms with E-state index in [-0.39, 0.29) is 23.2 Å². The molecule has 0 atom stereocenters. The predicted molar refractivity (Wildman–Crippen MR) is 118 cm³/mol. The number of rotatable bonds is 6. The van der Waals surface area contributed by atoms with Crippen molar-refractivity contribution in [3.8, 4) is 17.4 Å². The van der Waals surface area contributed by atoms with E-state index in [2.05, 4.69) is 9.88 Å². The molecule has 2 amide bonds. The van der Waals surface area contributed by atoms with Gasteiger partial charge >= 0.3 is 6.09 Å². The molecule has 0 radical (unpaired) electrons. The number of aromatic nitrogens is 1. The summed E-state index contributed by atoms with van der Waals surface area (Å²) >= 11 is 1.62. The number of primary amides is 1. The first-order valence-electron chi connectivity index (χ1n) is 10.4. The number of ether oxygens (including phenoxy) is 2. The molecule has 1 aromatic carbocycles. The Labute approximate surface area is 185 Å². The average Bonchev–Trinajstić information content (AvgIpc) is 3.61. The van der Waals surface area contributed by atoms with Gasteiger partial charge < -0.3 is 20.1 Å². The van der Waals surface area contributed by atoms with Gasteiger partial charge in [-0.2, -0.15) is 0 Å². The maximum atomic E-state index is 13.1. The summed E-state index contributed by atoms with van der Waals surface area (Å²) in [6.45, 7) is 3.22. The fraction of sp³-hybridized carbons (Fsp3) is 0.409. The highest BCUT2D eigenvalue weighted by Crippen LogP contribution is 2.32. The topological polar surface area (TPSA) is 98.0 Å². The van der Waals surface area contributed by atoms with Crippen LogP contribution in [0.4, 0.5) is 4.79 Å². The summed E-state index contributed by atoms with van der Waals surface area (Å²) in [5.74, 6) is 0.452. The Balaban J connectivity index is 1.51. The van der Waals surface area contributed by atoms with E-state index in [0.29, 0.717) is 24.9 Å². The molecule has 1 aliphatic heterocycles. The van der Waals surface area contributed by atoms with Crippen molar-refractivity contribution in [3.63, 3.8) is 0 Å². The number of carbonyl (C=O) groups is 2. The quantitative estimate of drug-likeness (QED) is 0.685. The largest absolute Gasteiger partial charge is 0.452 e. The number of amides is 2. The number of pyridine rings is 1. The molecule has 2 heterocycles. The SMILES string of the molecule is CSc1ccc(Oc2ccc(C(=O)N3CCCN(C4CC4)CC3)nc2OC(N)=O)cc1. The number of nitrogens with two attached hydrogens (primary N) is 1. The fourth-order valence-electron chi connectivity index (χ4n) is 3.67. The van der Waals surface area contributed by atoms with Crippen LogP contribution in [0, 0.1) is 0 Å². The van der Waals surface area contributed by atoms with Crippen LogP contribution in [0.2, 0.25) is 0 Å². The van der Waals surface area contributed by atoms with Gasteiger partial charge in [-0.25, -0.2) is 9.78 Å². The molecule has 8 nitrogen and oxygen atoms in total. The van der Waals surface area contributed by atoms with Crippen molar-refractivity contribution in [2.45, 2.75) is 30.2 Å². The van der Waals surface area contributed by atoms with Crippen LogP contribution >= 0.6 is 11.8 Å². The zero-order valence-corrected chi connectivity index (χ0v) is 18.3. The van der Waals surface area contributed by atoms with Crippen molar-refractivity contribution in [1.29, 1.82) is 0 Å². The normalized spacial score (nSPS) is 17.1. The first-order chi connectivity index (χ1) is 15.0. The maximum Gasteiger partial charge on any atom is 0.411 e. The first kappa shape index (κ1) is 21.5. The fourth-order valence-corrected chi connectivity index (χ4v) is 4.08. The van der Waals surface area contributed by atoms with Crippen LogP contribution in [0.1, 0.15) is 29.8 Å². The molecule has 1 saturated carbocycles. The second-order valence-corrected chi connectivity index (χ2v) is 8.49. The number of thioether (sulfide) groups is 1. The first-order valence-corrected chi connectivity index (χ1v) is 11.6. The van der Waals surface area contributed by atoms with Crippen LogP contribution in [0.3, 0.4) is 0 Å². The molecule has 164 valence electrons. The van der Waals surface area contributed by atoms with Gasteiger partial charge in [0.05, 0.1) is 0 Å². The highest BCUT2D eigenvalue weighted by atomic mass is 32.2. The number of nitrogens with zero attached hydrogens (tertiary/aromatic N) is 3. The highest BCUT2D eigenvalue weighted by molar-refractivity contribution is 7.98. The molecule has 1 aromatic heterocycles. The summed E-state index contributed by atoms with van der Waals surface area (Å²) in [7, 11) is 0. The van der Waals surface area contributed by atoms with Crippen molar-refractivity contribution in [2.75, 3.05) is 32.4 Å². The zero-order valence-electron chi connectivity index (χ0n) is 17.5. The summed E-state index contributed by atoms with van der Waals surface area (Å²) in [6.07, 6.45) is 4.41. The van der Waals surface area contributed by atoms with E-state index in [9.17, 15) is 9.59 Å². The van der Waals surface area contributed by atoms with Gasteiger partial charge in [0, 0.05) is 37.1 Å². The predicted octanol–water partition coefficient (Wildman–Crippen LogP) is 3.36. The third-order valence-electron chi connectivity index (χ3n) is 5.41. The Morgan fingerprint density at radius 2 is 1.84 bits per heavy atom. The van der Waals surface area contributed by atoms with E-state index < -0.39 is 6.09 Å². The van der Waals surface area contributed by atoms with Crippen LogP contribution in [0.5, 0.6) is 17.4 Å². The number of carbonyl (C=O) groups excluding carboxylic acids is 2. The summed E-state index contributed by atoms with van der Waals surface area (Å²) in [5.41, 5.74) is 5.40. The molecule has 0 spiro atoms. The standard InChI is InChI=1S/C22H26N4O4S/c1-31-17-7-5-16(6-8-17)29-19-10-9-18(24-20(19)30-22(23)28)21(27)26-12-2-11-25(13-14-26)15-3-4-15/h5-10,15H,2-4,11-14H2,1H3,(H2,23,28). The number of benzene rings is 1. The van der Waals surface area contributed by atoms with Crippen molar-refractivity contribution < 1.29 is 19.1 Å². The van der Waals surface area contributed by atoms with Crippen molar-refractivity contribution >= 4 is 23.8 Å². The van der Waals surface area contributed by atoms with Gasteiger partial charge in [-0.3, -0.25) is 9.69 Å². The lowest BCUT2D eigenvalue weighted by atomic mass is 10.2. The van der Waals surface area contributed by atoms with Crippen LogP contribution in [0.15, 0.2) is 41.3 Å². The Hall–Kier alpha value is -2.78. The van der Waals surface area contributed by atoms with E-state index >= 15 is 0 Å². The van der Waals surface area contributed by atoms with Gasteiger partial charge in [0.1, 0.15) is 11.4 Å². The van der Waals surface area contributed by atoms with Gasteiger partial charge in [-0.05, 0) is 61.9 Å². The molecule has 0 bridgehead atoms. The molecule has 9 heteroatoms. The van der Waals surface area contributed by atoms with Gasteiger partial charge in [0.2, 0.25) is 0 Å². The summed E-state index contributed by atoms with van der Waals surface area (Å²) in [4.78, 5) is 34.1. The summed E-state index contributed by atoms with van der Waals surface area (Å²) in [5, 5.41) is 0. The number of hydrogen-bond donors (Lipinski definition) is 1. The van der Waals surface area contributed by atoms with Crippen LogP contribution in [0.25, 0.3) is 0 Å². The van der Waals surface area contributed by atoms with Gasteiger partial charge in [-0.1, -0.05) is 0 Å². The van der Waals surface area contributed by atoms with Crippen molar-refractivity contribution in [1.82, 2.24) is 14.8 Å². The van der Waals surface area contributed by atoms with Crippen LogP contribution < -0.4 is 15.2 Å². The summed E-state index contributed by atoms with van der Waals surface area (Å²) in [6, 6.07) is 11.3. The van der Waals surface area contributed by atoms with Gasteiger partial charge in [0.15, 0.2) is 5.75 Å². The molecule has 2 N–H and O–H groups in total. The van der Waals surface area contributed by atoms with Crippen LogP contribution in [-0.4, -0.2) is 65.3 Å². The van der Waals surface area contributed by atoms with E-state index in [0.717, 1.165) is 24.4 Å². The maximum absolute atomic E-state index is 13.1. The molecule has 1 saturated heterocycles. The van der Waals surface area contributed by atoms with E-state index in [1.807, 2.05) is 30.5 Å². The lowest BCUT2D eigenvalue weighted by Crippen LogP contribution is -2.36. The molecule has 2 aliphatic rings. The second kappa shape index (κ2) is 9.57. The van der Waals surface area contributed by atoms with E-state index in [4.69, 9.17) is 15.2 Å². The Morgan fingerprint density at radius 3 is 2.52 bits per heavy atom. The lowest BCUT2D eigenvalue weighted by molar-refractivity contribution is 0.0753. The van der Waals surface area contributed by atoms with Gasteiger partial charge in [-0.15, -0.1) is 11.8 Å². The minimum Gasteiger partial charge on any atom is -0.452 e. The van der Waals surface area contributed by atoms with Crippen molar-refractivity contribution in [2.24, 2.45) is 5.73 Å². The second-order valence-electron chi connectivity index (χ2n) is 7.61. The highest BCUT2D eigenvalue weighted by Gasteiger charge is 2.31. The minimum absolute atomic E-state index is 0.123. The van der Waals surface area contributed by atoms with Crippen molar-refractivity contribution in [3.05, 3.63) is 42.1 Å². The molecule has 2 aromatic rings. The average molecular weight is 443 g/mol. The third kappa shape index (κ3) is 5.48. The summed E-state index contributed by atoms with van der Waals surface area (Å²) < 4.78 is 10.9. The number of hydrogen-bond acceptors (Lipinski definition) is 7. The molecular formula is C22H26N4O4S. The molecule has 4 rings (SSSR count). The van der Waals surface area contributed by atoms with E-state index in [1.165, 1.54) is 12.8 Å². The monoisotopic (exact) mass is 442 g/mol. The van der Waals surface area contributed by atoms with E-state index in [1.54, 1.807) is 28.8 Å². The molecule has 2 fully saturated rings. The molecule has 31 heavy (non-hydrogen) atoms. The molecule has 1 aliphatic carbocycles. The Bertz CT molecular complexity index is 949. The lowest BCUT2D eigenvalue weighted by Gasteiger charge is -2.21.